The largest absolute Gasteiger partial charge is 0.481 e. The Bertz CT molecular complexity index is 430. The Labute approximate surface area is 115 Å². The first-order chi connectivity index (χ1) is 8.63. The van der Waals surface area contributed by atoms with Crippen molar-refractivity contribution >= 4 is 5.91 Å². The van der Waals surface area contributed by atoms with E-state index in [1.165, 1.54) is 6.20 Å². The minimum Gasteiger partial charge on any atom is -0.481 e. The number of rotatable bonds is 4. The molecule has 0 bridgehead atoms. The van der Waals surface area contributed by atoms with Crippen LogP contribution in [0.2, 0.25) is 0 Å². The van der Waals surface area contributed by atoms with E-state index in [9.17, 15) is 4.79 Å². The Balaban J connectivity index is 2.72. The van der Waals surface area contributed by atoms with Gasteiger partial charge in [-0.1, -0.05) is 20.8 Å². The predicted octanol–water partition coefficient (Wildman–Crippen LogP) is 3.03. The number of nitrogens with zero attached hydrogens (tertiary/aromatic N) is 1. The first-order valence-electron chi connectivity index (χ1n) is 6.45. The van der Waals surface area contributed by atoms with Crippen molar-refractivity contribution in [1.82, 2.24) is 10.3 Å². The second-order valence-electron chi connectivity index (χ2n) is 6.66. The highest BCUT2D eigenvalue weighted by molar-refractivity contribution is 5.94. The van der Waals surface area contributed by atoms with Gasteiger partial charge in [0.1, 0.15) is 0 Å². The number of carbonyl (C=O) groups excluding carboxylic acids is 1. The zero-order valence-corrected chi connectivity index (χ0v) is 12.7. The Morgan fingerprint density at radius 1 is 1.26 bits per heavy atom. The summed E-state index contributed by atoms with van der Waals surface area (Å²) in [5, 5.41) is 3.05. The molecular formula is C15H24N2O2. The van der Waals surface area contributed by atoms with E-state index in [1.54, 1.807) is 19.2 Å². The molecule has 1 rings (SSSR count). The van der Waals surface area contributed by atoms with Crippen LogP contribution in [0.15, 0.2) is 18.3 Å². The number of aromatic nitrogens is 1. The minimum absolute atomic E-state index is 0.107. The highest BCUT2D eigenvalue weighted by Gasteiger charge is 2.27. The molecular weight excluding hydrogens is 240 g/mol. The second-order valence-corrected chi connectivity index (χ2v) is 6.66. The van der Waals surface area contributed by atoms with Crippen LogP contribution in [0.25, 0.3) is 0 Å². The zero-order chi connectivity index (χ0) is 14.7. The van der Waals surface area contributed by atoms with Crippen LogP contribution in [0.5, 0.6) is 5.88 Å². The van der Waals surface area contributed by atoms with Crippen LogP contribution in [0.3, 0.4) is 0 Å². The van der Waals surface area contributed by atoms with Gasteiger partial charge in [0.2, 0.25) is 5.88 Å². The summed E-state index contributed by atoms with van der Waals surface area (Å²) in [6.07, 6.45) is 2.43. The Hall–Kier alpha value is -1.58. The van der Waals surface area contributed by atoms with Crippen molar-refractivity contribution in [2.75, 3.05) is 7.11 Å². The second kappa shape index (κ2) is 5.59. The maximum atomic E-state index is 12.2. The fourth-order valence-electron chi connectivity index (χ4n) is 2.38. The summed E-state index contributed by atoms with van der Waals surface area (Å²) >= 11 is 0. The number of ether oxygens (including phenoxy) is 1. The van der Waals surface area contributed by atoms with Crippen molar-refractivity contribution < 1.29 is 9.53 Å². The summed E-state index contributed by atoms with van der Waals surface area (Å²) in [6.45, 7) is 10.6. The van der Waals surface area contributed by atoms with Gasteiger partial charge in [0, 0.05) is 17.8 Å². The van der Waals surface area contributed by atoms with Crippen molar-refractivity contribution in [3.8, 4) is 5.88 Å². The molecule has 0 aliphatic heterocycles. The molecule has 1 N–H and O–H groups in total. The molecule has 1 aromatic rings. The molecule has 0 radical (unpaired) electrons. The van der Waals surface area contributed by atoms with Crippen molar-refractivity contribution in [2.45, 2.75) is 46.6 Å². The van der Waals surface area contributed by atoms with Crippen LogP contribution in [-0.2, 0) is 0 Å². The Morgan fingerprint density at radius 3 is 2.32 bits per heavy atom. The van der Waals surface area contributed by atoms with Gasteiger partial charge >= 0.3 is 0 Å². The van der Waals surface area contributed by atoms with Gasteiger partial charge in [-0.15, -0.1) is 0 Å². The normalized spacial score (nSPS) is 12.1. The first-order valence-corrected chi connectivity index (χ1v) is 6.45. The smallest absolute Gasteiger partial charge is 0.253 e. The van der Waals surface area contributed by atoms with Gasteiger partial charge < -0.3 is 10.1 Å². The molecule has 0 spiro atoms. The van der Waals surface area contributed by atoms with Crippen LogP contribution >= 0.6 is 0 Å². The monoisotopic (exact) mass is 264 g/mol. The number of hydrogen-bond donors (Lipinski definition) is 1. The average Bonchev–Trinajstić information content (AvgIpc) is 2.25. The summed E-state index contributed by atoms with van der Waals surface area (Å²) in [4.78, 5) is 16.2. The lowest BCUT2D eigenvalue weighted by Gasteiger charge is -2.33. The molecule has 19 heavy (non-hydrogen) atoms. The number of amides is 1. The maximum absolute atomic E-state index is 12.2. The SMILES string of the molecule is COc1ccc(C(=O)NC(C)(C)CC(C)(C)C)cn1. The maximum Gasteiger partial charge on any atom is 0.253 e. The van der Waals surface area contributed by atoms with E-state index in [4.69, 9.17) is 4.74 Å². The standard InChI is InChI=1S/C15H24N2O2/c1-14(2,3)10-15(4,5)17-13(18)11-7-8-12(19-6)16-9-11/h7-9H,10H2,1-6H3,(H,17,18). The number of hydrogen-bond acceptors (Lipinski definition) is 3. The van der Waals surface area contributed by atoms with E-state index in [-0.39, 0.29) is 16.9 Å². The van der Waals surface area contributed by atoms with E-state index in [0.29, 0.717) is 11.4 Å². The lowest BCUT2D eigenvalue weighted by atomic mass is 9.81. The zero-order valence-electron chi connectivity index (χ0n) is 12.7. The van der Waals surface area contributed by atoms with E-state index in [0.717, 1.165) is 6.42 Å². The topological polar surface area (TPSA) is 51.2 Å². The molecule has 0 unspecified atom stereocenters. The third-order valence-electron chi connectivity index (χ3n) is 2.63. The lowest BCUT2D eigenvalue weighted by molar-refractivity contribution is 0.0891. The molecule has 4 heteroatoms. The number of methoxy groups -OCH3 is 1. The fourth-order valence-corrected chi connectivity index (χ4v) is 2.38. The molecule has 0 saturated heterocycles. The molecule has 0 atom stereocenters. The van der Waals surface area contributed by atoms with E-state index in [1.807, 2.05) is 13.8 Å². The van der Waals surface area contributed by atoms with E-state index < -0.39 is 0 Å². The van der Waals surface area contributed by atoms with Crippen LogP contribution in [0.4, 0.5) is 0 Å². The van der Waals surface area contributed by atoms with Gasteiger partial charge in [0.25, 0.3) is 5.91 Å². The molecule has 106 valence electrons. The van der Waals surface area contributed by atoms with Crippen molar-refractivity contribution in [3.05, 3.63) is 23.9 Å². The molecule has 0 aliphatic rings. The first kappa shape index (κ1) is 15.5. The Kier molecular flexibility index (Phi) is 4.56. The van der Waals surface area contributed by atoms with Crippen LogP contribution in [0, 0.1) is 5.41 Å². The van der Waals surface area contributed by atoms with Crippen molar-refractivity contribution in [3.63, 3.8) is 0 Å². The van der Waals surface area contributed by atoms with Gasteiger partial charge in [-0.3, -0.25) is 4.79 Å². The number of carbonyl (C=O) groups is 1. The van der Waals surface area contributed by atoms with Gasteiger partial charge in [-0.05, 0) is 31.7 Å². The molecule has 0 saturated carbocycles. The van der Waals surface area contributed by atoms with Gasteiger partial charge in [-0.25, -0.2) is 4.98 Å². The summed E-state index contributed by atoms with van der Waals surface area (Å²) in [5.41, 5.74) is 0.451. The van der Waals surface area contributed by atoms with Crippen molar-refractivity contribution in [1.29, 1.82) is 0 Å². The van der Waals surface area contributed by atoms with E-state index in [2.05, 4.69) is 31.1 Å². The third kappa shape index (κ3) is 5.28. The summed E-state index contributed by atoms with van der Waals surface area (Å²) in [5.74, 6) is 0.398. The molecule has 0 aromatic carbocycles. The highest BCUT2D eigenvalue weighted by Crippen LogP contribution is 2.27. The quantitative estimate of drug-likeness (QED) is 0.909. The Morgan fingerprint density at radius 2 is 1.89 bits per heavy atom. The molecule has 0 aliphatic carbocycles. The summed E-state index contributed by atoms with van der Waals surface area (Å²) in [7, 11) is 1.55. The molecule has 4 nitrogen and oxygen atoms in total. The molecule has 1 aromatic heterocycles. The summed E-state index contributed by atoms with van der Waals surface area (Å²) < 4.78 is 4.97. The highest BCUT2D eigenvalue weighted by atomic mass is 16.5. The van der Waals surface area contributed by atoms with E-state index >= 15 is 0 Å². The van der Waals surface area contributed by atoms with Gasteiger partial charge in [-0.2, -0.15) is 0 Å². The number of pyridine rings is 1. The van der Waals surface area contributed by atoms with Crippen LogP contribution in [-0.4, -0.2) is 23.5 Å². The van der Waals surface area contributed by atoms with Gasteiger partial charge in [0.15, 0.2) is 0 Å². The minimum atomic E-state index is -0.255. The fraction of sp³-hybridized carbons (Fsp3) is 0.600. The third-order valence-corrected chi connectivity index (χ3v) is 2.63. The summed E-state index contributed by atoms with van der Waals surface area (Å²) in [6, 6.07) is 3.40. The predicted molar refractivity (Wildman–Crippen MR) is 76.4 cm³/mol. The average molecular weight is 264 g/mol. The molecule has 0 fully saturated rings. The van der Waals surface area contributed by atoms with Crippen LogP contribution in [0.1, 0.15) is 51.4 Å². The lowest BCUT2D eigenvalue weighted by Crippen LogP contribution is -2.45. The molecule has 1 heterocycles. The van der Waals surface area contributed by atoms with Crippen LogP contribution < -0.4 is 10.1 Å². The van der Waals surface area contributed by atoms with Crippen molar-refractivity contribution in [2.24, 2.45) is 5.41 Å². The van der Waals surface area contributed by atoms with Gasteiger partial charge in [0.05, 0.1) is 12.7 Å². The molecule has 1 amide bonds. The number of nitrogens with one attached hydrogen (secondary N) is 1.